The molecule has 0 spiro atoms. The average Bonchev–Trinajstić information content (AvgIpc) is 2.92. The summed E-state index contributed by atoms with van der Waals surface area (Å²) in [6.45, 7) is 13.4. The maximum absolute atomic E-state index is 13.5. The second kappa shape index (κ2) is 11.9. The van der Waals surface area contributed by atoms with Crippen LogP contribution in [0, 0.1) is 0 Å². The summed E-state index contributed by atoms with van der Waals surface area (Å²) < 4.78 is 0. The van der Waals surface area contributed by atoms with Gasteiger partial charge in [-0.2, -0.15) is 0 Å². The zero-order chi connectivity index (χ0) is 28.3. The van der Waals surface area contributed by atoms with Gasteiger partial charge in [0.1, 0.15) is 0 Å². The molecular formula is C33H39N3O3. The van der Waals surface area contributed by atoms with Crippen LogP contribution < -0.4 is 0 Å². The Kier molecular flexibility index (Phi) is 8.54. The number of benzene rings is 3. The van der Waals surface area contributed by atoms with Crippen LogP contribution in [0.25, 0.3) is 0 Å². The van der Waals surface area contributed by atoms with Crippen molar-refractivity contribution >= 4 is 17.7 Å². The number of carbonyl (C=O) groups is 3. The fourth-order valence-electron chi connectivity index (χ4n) is 4.81. The van der Waals surface area contributed by atoms with E-state index >= 15 is 0 Å². The van der Waals surface area contributed by atoms with Crippen LogP contribution in [-0.2, 0) is 19.6 Å². The Bertz CT molecular complexity index is 1140. The van der Waals surface area contributed by atoms with Crippen molar-refractivity contribution in [3.8, 4) is 0 Å². The molecule has 0 unspecified atom stereocenters. The Morgan fingerprint density at radius 1 is 0.410 bits per heavy atom. The first-order valence-corrected chi connectivity index (χ1v) is 13.7. The molecule has 3 aromatic rings. The number of fused-ring (bicyclic) bond motifs is 3. The van der Waals surface area contributed by atoms with E-state index in [9.17, 15) is 14.4 Å². The van der Waals surface area contributed by atoms with Crippen molar-refractivity contribution in [3.05, 3.63) is 106 Å². The molecule has 0 saturated carbocycles. The molecular weight excluding hydrogens is 486 g/mol. The molecule has 0 fully saturated rings. The SMILES string of the molecule is CC(C)N1Cc2ccc(cc2)C(=O)N(C(C)C)Cc2ccc(cc2)C(=O)N(C(C)C)Cc2ccc(cc2)C1=O. The van der Waals surface area contributed by atoms with Crippen molar-refractivity contribution in [3.63, 3.8) is 0 Å². The van der Waals surface area contributed by atoms with E-state index in [0.717, 1.165) is 16.7 Å². The van der Waals surface area contributed by atoms with Crippen molar-refractivity contribution < 1.29 is 14.4 Å². The summed E-state index contributed by atoms with van der Waals surface area (Å²) in [6.07, 6.45) is 0. The smallest absolute Gasteiger partial charge is 0.254 e. The minimum atomic E-state index is -0.0507. The van der Waals surface area contributed by atoms with Crippen molar-refractivity contribution in [2.24, 2.45) is 0 Å². The van der Waals surface area contributed by atoms with Crippen LogP contribution in [0.4, 0.5) is 0 Å². The van der Waals surface area contributed by atoms with Crippen LogP contribution in [0.2, 0.25) is 0 Å². The topological polar surface area (TPSA) is 60.9 Å². The Hall–Kier alpha value is -3.93. The van der Waals surface area contributed by atoms with Gasteiger partial charge in [0.2, 0.25) is 0 Å². The van der Waals surface area contributed by atoms with Crippen LogP contribution in [0.1, 0.15) is 89.3 Å². The van der Waals surface area contributed by atoms with Crippen LogP contribution in [-0.4, -0.2) is 50.5 Å². The van der Waals surface area contributed by atoms with Gasteiger partial charge in [-0.25, -0.2) is 0 Å². The van der Waals surface area contributed by atoms with E-state index in [1.54, 1.807) is 0 Å². The maximum Gasteiger partial charge on any atom is 0.254 e. The molecule has 0 aliphatic carbocycles. The zero-order valence-corrected chi connectivity index (χ0v) is 23.8. The van der Waals surface area contributed by atoms with Gasteiger partial charge in [-0.1, -0.05) is 36.4 Å². The summed E-state index contributed by atoms with van der Waals surface area (Å²) in [5, 5.41) is 0. The molecule has 3 amide bonds. The van der Waals surface area contributed by atoms with Crippen molar-refractivity contribution in [2.75, 3.05) is 0 Å². The monoisotopic (exact) mass is 525 g/mol. The first kappa shape index (κ1) is 28.1. The van der Waals surface area contributed by atoms with Gasteiger partial charge in [0.15, 0.2) is 0 Å². The highest BCUT2D eigenvalue weighted by atomic mass is 16.2. The fraction of sp³-hybridized carbons (Fsp3) is 0.364. The Morgan fingerprint density at radius 2 is 0.615 bits per heavy atom. The molecule has 0 N–H and O–H groups in total. The maximum atomic E-state index is 13.5. The molecule has 0 aromatic heterocycles. The standard InChI is InChI=1S/C33H39N3O3/c1-22(2)34-19-25-7-15-29(16-8-25)32(38)36(24(5)6)21-27-11-17-30(18-12-27)33(39)35(23(3)4)20-26-9-13-28(14-10-26)31(34)37/h7-18,22-24H,19-21H2,1-6H3. The molecule has 204 valence electrons. The summed E-state index contributed by atoms with van der Waals surface area (Å²) in [7, 11) is 0. The number of rotatable bonds is 3. The van der Waals surface area contributed by atoms with Gasteiger partial charge in [0.25, 0.3) is 17.7 Å². The highest BCUT2D eigenvalue weighted by molar-refractivity contribution is 5.96. The average molecular weight is 526 g/mol. The zero-order valence-electron chi connectivity index (χ0n) is 23.8. The normalized spacial score (nSPS) is 15.3. The Balaban J connectivity index is 1.76. The predicted molar refractivity (Wildman–Crippen MR) is 154 cm³/mol. The first-order valence-electron chi connectivity index (χ1n) is 13.7. The van der Waals surface area contributed by atoms with Gasteiger partial charge in [0.05, 0.1) is 0 Å². The Labute approximate surface area is 232 Å². The molecule has 4 heterocycles. The van der Waals surface area contributed by atoms with Crippen LogP contribution in [0.5, 0.6) is 0 Å². The molecule has 4 aliphatic heterocycles. The van der Waals surface area contributed by atoms with Gasteiger partial charge >= 0.3 is 0 Å². The molecule has 6 heteroatoms. The van der Waals surface area contributed by atoms with E-state index in [1.165, 1.54) is 0 Å². The second-order valence-corrected chi connectivity index (χ2v) is 11.2. The van der Waals surface area contributed by atoms with E-state index in [2.05, 4.69) is 0 Å². The number of nitrogens with zero attached hydrogens (tertiary/aromatic N) is 3. The van der Waals surface area contributed by atoms with Crippen LogP contribution in [0.15, 0.2) is 72.8 Å². The molecule has 3 aromatic carbocycles. The fourth-order valence-corrected chi connectivity index (χ4v) is 4.81. The highest BCUT2D eigenvalue weighted by Crippen LogP contribution is 2.20. The number of hydrogen-bond donors (Lipinski definition) is 0. The van der Waals surface area contributed by atoms with Gasteiger partial charge in [-0.05, 0) is 94.6 Å². The lowest BCUT2D eigenvalue weighted by atomic mass is 10.1. The second-order valence-electron chi connectivity index (χ2n) is 11.2. The van der Waals surface area contributed by atoms with E-state index in [0.29, 0.717) is 36.3 Å². The van der Waals surface area contributed by atoms with Gasteiger partial charge in [-0.15, -0.1) is 0 Å². The molecule has 6 bridgehead atoms. The minimum absolute atomic E-state index is 0.00453. The van der Waals surface area contributed by atoms with Crippen molar-refractivity contribution in [2.45, 2.75) is 79.3 Å². The summed E-state index contributed by atoms with van der Waals surface area (Å²) in [5.41, 5.74) is 4.72. The summed E-state index contributed by atoms with van der Waals surface area (Å²) in [4.78, 5) is 45.9. The molecule has 4 aliphatic rings. The first-order chi connectivity index (χ1) is 18.5. The quantitative estimate of drug-likeness (QED) is 0.412. The molecule has 7 rings (SSSR count). The van der Waals surface area contributed by atoms with Crippen LogP contribution >= 0.6 is 0 Å². The van der Waals surface area contributed by atoms with Gasteiger partial charge < -0.3 is 14.7 Å². The number of hydrogen-bond acceptors (Lipinski definition) is 3. The van der Waals surface area contributed by atoms with E-state index in [-0.39, 0.29) is 35.8 Å². The largest absolute Gasteiger partial charge is 0.332 e. The molecule has 39 heavy (non-hydrogen) atoms. The predicted octanol–water partition coefficient (Wildman–Crippen LogP) is 6.15. The van der Waals surface area contributed by atoms with Crippen molar-refractivity contribution in [1.82, 2.24) is 14.7 Å². The lowest BCUT2D eigenvalue weighted by Crippen LogP contribution is -2.37. The highest BCUT2D eigenvalue weighted by Gasteiger charge is 2.24. The summed E-state index contributed by atoms with van der Waals surface area (Å²) in [6, 6.07) is 22.6. The van der Waals surface area contributed by atoms with E-state index < -0.39 is 0 Å². The minimum Gasteiger partial charge on any atom is -0.332 e. The molecule has 0 radical (unpaired) electrons. The third kappa shape index (κ3) is 6.39. The van der Waals surface area contributed by atoms with E-state index in [1.807, 2.05) is 129 Å². The van der Waals surface area contributed by atoms with Crippen molar-refractivity contribution in [1.29, 1.82) is 0 Å². The third-order valence-corrected chi connectivity index (χ3v) is 7.31. The summed E-state index contributed by atoms with van der Waals surface area (Å²) in [5.74, 6) is -0.152. The Morgan fingerprint density at radius 3 is 0.795 bits per heavy atom. The number of carbonyl (C=O) groups excluding carboxylic acids is 3. The van der Waals surface area contributed by atoms with Crippen LogP contribution in [0.3, 0.4) is 0 Å². The molecule has 6 nitrogen and oxygen atoms in total. The number of amides is 3. The van der Waals surface area contributed by atoms with Gasteiger partial charge in [-0.3, -0.25) is 14.4 Å². The molecule has 0 atom stereocenters. The third-order valence-electron chi connectivity index (χ3n) is 7.31. The van der Waals surface area contributed by atoms with Gasteiger partial charge in [0, 0.05) is 54.5 Å². The summed E-state index contributed by atoms with van der Waals surface area (Å²) >= 11 is 0. The lowest BCUT2D eigenvalue weighted by molar-refractivity contribution is 0.0679. The lowest BCUT2D eigenvalue weighted by Gasteiger charge is -2.28. The molecule has 0 saturated heterocycles. The van der Waals surface area contributed by atoms with E-state index in [4.69, 9.17) is 0 Å².